The van der Waals surface area contributed by atoms with Crippen molar-refractivity contribution in [2.24, 2.45) is 0 Å². The number of phenols is 2. The Hall–Kier alpha value is -5.40. The third kappa shape index (κ3) is 10.0. The largest absolute Gasteiger partial charge is 0.505 e. The van der Waals surface area contributed by atoms with Gasteiger partial charge in [-0.15, -0.1) is 0 Å². The fourth-order valence-electron chi connectivity index (χ4n) is 4.88. The van der Waals surface area contributed by atoms with Crippen molar-refractivity contribution < 1.29 is 38.4 Å². The zero-order valence-corrected chi connectivity index (χ0v) is 27.5. The predicted molar refractivity (Wildman–Crippen MR) is 176 cm³/mol. The lowest BCUT2D eigenvalue weighted by Gasteiger charge is -2.11. The Labute approximate surface area is 277 Å². The first-order valence-corrected chi connectivity index (χ1v) is 15.3. The van der Waals surface area contributed by atoms with E-state index in [4.69, 9.17) is 9.84 Å². The van der Waals surface area contributed by atoms with Crippen LogP contribution in [0.3, 0.4) is 0 Å². The number of rotatable bonds is 13. The Morgan fingerprint density at radius 1 is 0.708 bits per heavy atom. The summed E-state index contributed by atoms with van der Waals surface area (Å²) in [6.45, 7) is 9.77. The molecule has 4 aromatic rings. The molecule has 256 valence electrons. The number of anilines is 2. The molecule has 0 fully saturated rings. The third-order valence-electron chi connectivity index (χ3n) is 7.16. The highest BCUT2D eigenvalue weighted by Gasteiger charge is 2.17. The van der Waals surface area contributed by atoms with Crippen LogP contribution in [0.2, 0.25) is 0 Å². The number of hydrogen-bond donors (Lipinski definition) is 5. The molecular weight excluding hydrogens is 626 g/mol. The Morgan fingerprint density at radius 2 is 1.10 bits per heavy atom. The fraction of sp³-hybridized carbons (Fsp3) is 0.353. The second-order valence-electron chi connectivity index (χ2n) is 10.8. The number of ether oxygens (including phenoxy) is 1. The van der Waals surface area contributed by atoms with Crippen LogP contribution in [-0.2, 0) is 17.6 Å². The highest BCUT2D eigenvalue weighted by atomic mass is 19.1. The van der Waals surface area contributed by atoms with Gasteiger partial charge in [0.2, 0.25) is 11.9 Å². The summed E-state index contributed by atoms with van der Waals surface area (Å²) in [4.78, 5) is 39.8. The minimum absolute atomic E-state index is 0.109. The third-order valence-corrected chi connectivity index (χ3v) is 7.16. The summed E-state index contributed by atoms with van der Waals surface area (Å²) in [6, 6.07) is 9.12. The van der Waals surface area contributed by atoms with Crippen LogP contribution in [-0.4, -0.2) is 66.9 Å². The van der Waals surface area contributed by atoms with Gasteiger partial charge in [0.05, 0.1) is 29.4 Å². The number of halogens is 2. The zero-order chi connectivity index (χ0) is 35.4. The maximum atomic E-state index is 13.7. The van der Waals surface area contributed by atoms with Crippen molar-refractivity contribution in [3.8, 4) is 11.5 Å². The van der Waals surface area contributed by atoms with Crippen molar-refractivity contribution in [1.29, 1.82) is 0 Å². The lowest BCUT2D eigenvalue weighted by molar-refractivity contribution is 0.0523. The number of aryl methyl sites for hydroxylation is 6. The summed E-state index contributed by atoms with van der Waals surface area (Å²) in [5.41, 5.74) is 3.29. The minimum Gasteiger partial charge on any atom is -0.505 e. The van der Waals surface area contributed by atoms with Crippen molar-refractivity contribution in [1.82, 2.24) is 19.9 Å². The van der Waals surface area contributed by atoms with E-state index in [-0.39, 0.29) is 17.1 Å². The first kappa shape index (κ1) is 37.1. The van der Waals surface area contributed by atoms with Crippen molar-refractivity contribution in [3.05, 3.63) is 93.1 Å². The van der Waals surface area contributed by atoms with Gasteiger partial charge in [0, 0.05) is 13.1 Å². The molecule has 0 spiro atoms. The number of carbonyl (C=O) groups excluding carboxylic acids is 1. The van der Waals surface area contributed by atoms with Crippen molar-refractivity contribution in [2.75, 3.05) is 30.3 Å². The van der Waals surface area contributed by atoms with Crippen LogP contribution < -0.4 is 10.6 Å². The summed E-state index contributed by atoms with van der Waals surface area (Å²) >= 11 is 0. The van der Waals surface area contributed by atoms with E-state index in [0.29, 0.717) is 96.7 Å². The average Bonchev–Trinajstić information content (AvgIpc) is 3.01. The van der Waals surface area contributed by atoms with Crippen LogP contribution in [0.25, 0.3) is 0 Å². The SMILES string of the molecule is CCOC(=O)c1c(C)nc(NCCCc2cccc(O)c2F)nc1C.Cc1nc(NCCCc2cccc(O)c2F)nc(C)c1C(=O)O. The number of carboxylic acid groups (broad SMARTS) is 1. The van der Waals surface area contributed by atoms with E-state index in [2.05, 4.69) is 30.6 Å². The number of carboxylic acids is 1. The van der Waals surface area contributed by atoms with Crippen molar-refractivity contribution in [3.63, 3.8) is 0 Å². The molecule has 12 nitrogen and oxygen atoms in total. The summed E-state index contributed by atoms with van der Waals surface area (Å²) in [7, 11) is 0. The van der Waals surface area contributed by atoms with Crippen LogP contribution in [0.5, 0.6) is 11.5 Å². The van der Waals surface area contributed by atoms with Gasteiger partial charge in [0.1, 0.15) is 11.1 Å². The lowest BCUT2D eigenvalue weighted by Crippen LogP contribution is -2.14. The first-order chi connectivity index (χ1) is 22.8. The number of phenolic OH excluding ortho intramolecular Hbond substituents is 2. The maximum Gasteiger partial charge on any atom is 0.341 e. The molecule has 48 heavy (non-hydrogen) atoms. The van der Waals surface area contributed by atoms with E-state index in [9.17, 15) is 28.6 Å². The monoisotopic (exact) mass is 666 g/mol. The summed E-state index contributed by atoms with van der Waals surface area (Å²) < 4.78 is 32.3. The van der Waals surface area contributed by atoms with E-state index in [1.54, 1.807) is 58.9 Å². The molecular formula is C34H40F2N6O6. The first-order valence-electron chi connectivity index (χ1n) is 15.3. The van der Waals surface area contributed by atoms with E-state index >= 15 is 0 Å². The number of esters is 1. The lowest BCUT2D eigenvalue weighted by atomic mass is 10.1. The van der Waals surface area contributed by atoms with Crippen LogP contribution in [0, 0.1) is 39.3 Å². The summed E-state index contributed by atoms with van der Waals surface area (Å²) in [6.07, 6.45) is 2.19. The van der Waals surface area contributed by atoms with Gasteiger partial charge in [-0.05, 0) is 83.6 Å². The Bertz CT molecular complexity index is 1710. The number of carbonyl (C=O) groups is 2. The van der Waals surface area contributed by atoms with Gasteiger partial charge in [-0.1, -0.05) is 24.3 Å². The number of hydrogen-bond acceptors (Lipinski definition) is 11. The van der Waals surface area contributed by atoms with Gasteiger partial charge < -0.3 is 30.7 Å². The zero-order valence-electron chi connectivity index (χ0n) is 27.5. The number of aromatic nitrogens is 4. The van der Waals surface area contributed by atoms with Crippen LogP contribution in [0.15, 0.2) is 36.4 Å². The van der Waals surface area contributed by atoms with E-state index in [0.717, 1.165) is 0 Å². The molecule has 14 heteroatoms. The van der Waals surface area contributed by atoms with Gasteiger partial charge in [-0.2, -0.15) is 0 Å². The van der Waals surface area contributed by atoms with Crippen molar-refractivity contribution >= 4 is 23.8 Å². The topological polar surface area (TPSA) is 180 Å². The Balaban J connectivity index is 0.000000261. The molecule has 0 saturated carbocycles. The Kier molecular flexibility index (Phi) is 13.5. The highest BCUT2D eigenvalue weighted by Crippen LogP contribution is 2.21. The van der Waals surface area contributed by atoms with Gasteiger partial charge in [-0.25, -0.2) is 38.3 Å². The summed E-state index contributed by atoms with van der Waals surface area (Å²) in [5, 5.41) is 33.8. The molecule has 0 aliphatic rings. The number of benzene rings is 2. The summed E-state index contributed by atoms with van der Waals surface area (Å²) in [5.74, 6) is -2.58. The van der Waals surface area contributed by atoms with Crippen LogP contribution in [0.1, 0.15) is 74.4 Å². The molecule has 2 aromatic heterocycles. The van der Waals surface area contributed by atoms with Crippen LogP contribution >= 0.6 is 0 Å². The van der Waals surface area contributed by atoms with E-state index in [1.807, 2.05) is 0 Å². The molecule has 0 atom stereocenters. The second-order valence-corrected chi connectivity index (χ2v) is 10.8. The van der Waals surface area contributed by atoms with Crippen molar-refractivity contribution in [2.45, 2.75) is 60.3 Å². The molecule has 0 aliphatic carbocycles. The molecule has 5 N–H and O–H groups in total. The molecule has 2 heterocycles. The molecule has 0 amide bonds. The molecule has 0 saturated heterocycles. The molecule has 0 radical (unpaired) electrons. The maximum absolute atomic E-state index is 13.7. The standard InChI is InChI=1S/C18H22FN3O3.C16H18FN3O3/c1-4-25-17(24)15-11(2)21-18(22-12(15)3)20-10-6-8-13-7-5-9-14(23)16(13)19;1-9-13(15(22)23)10(2)20-16(19-9)18-8-4-6-11-5-3-7-12(21)14(11)17/h5,7,9,23H,4,6,8,10H2,1-3H3,(H,20,21,22);3,5,7,21H,4,6,8H2,1-2H3,(H,22,23)(H,18,19,20). The van der Waals surface area contributed by atoms with E-state index < -0.39 is 23.6 Å². The smallest absolute Gasteiger partial charge is 0.341 e. The van der Waals surface area contributed by atoms with Gasteiger partial charge in [0.15, 0.2) is 23.1 Å². The molecule has 0 bridgehead atoms. The molecule has 4 rings (SSSR count). The predicted octanol–water partition coefficient (Wildman–Crippen LogP) is 5.84. The number of aromatic carboxylic acids is 1. The number of aromatic hydroxyl groups is 2. The normalized spacial score (nSPS) is 10.6. The molecule has 0 unspecified atom stereocenters. The molecule has 0 aliphatic heterocycles. The van der Waals surface area contributed by atoms with E-state index in [1.165, 1.54) is 12.1 Å². The number of nitrogens with one attached hydrogen (secondary N) is 2. The fourth-order valence-corrected chi connectivity index (χ4v) is 4.88. The highest BCUT2D eigenvalue weighted by molar-refractivity contribution is 5.92. The van der Waals surface area contributed by atoms with Gasteiger partial charge in [-0.3, -0.25) is 0 Å². The Morgan fingerprint density at radius 3 is 1.48 bits per heavy atom. The van der Waals surface area contributed by atoms with Gasteiger partial charge >= 0.3 is 11.9 Å². The minimum atomic E-state index is -1.05. The average molecular weight is 667 g/mol. The van der Waals surface area contributed by atoms with Gasteiger partial charge in [0.25, 0.3) is 0 Å². The molecule has 2 aromatic carbocycles. The number of nitrogens with zero attached hydrogens (tertiary/aromatic N) is 4. The van der Waals surface area contributed by atoms with Crippen LogP contribution in [0.4, 0.5) is 20.7 Å². The quantitative estimate of drug-likeness (QED) is 0.0851. The second kappa shape index (κ2) is 17.5.